The van der Waals surface area contributed by atoms with Crippen LogP contribution in [-0.2, 0) is 0 Å². The molecule has 1 N–H and O–H groups in total. The van der Waals surface area contributed by atoms with Crippen molar-refractivity contribution in [2.75, 3.05) is 19.7 Å². The van der Waals surface area contributed by atoms with Crippen LogP contribution in [0.2, 0.25) is 0 Å². The highest BCUT2D eigenvalue weighted by atomic mass is 32.1. The fraction of sp³-hybridized carbons (Fsp3) is 0.538. The number of aromatic nitrogens is 2. The van der Waals surface area contributed by atoms with Gasteiger partial charge in [-0.05, 0) is 44.8 Å². The highest BCUT2D eigenvalue weighted by molar-refractivity contribution is 7.18. The molecule has 3 rings (SSSR count). The van der Waals surface area contributed by atoms with Crippen molar-refractivity contribution in [1.82, 2.24) is 15.3 Å². The van der Waals surface area contributed by atoms with Crippen molar-refractivity contribution < 1.29 is 4.74 Å². The zero-order chi connectivity index (χ0) is 12.4. The standard InChI is InChI=1S/C13H17N3OS/c1-9-6-11-12(15-8-16-13(11)18-9)17-5-3-10-2-4-14-7-10/h6,8,10,14H,2-5,7H2,1H3. The SMILES string of the molecule is Cc1cc2c(OCCC3CCNC3)ncnc2s1. The fourth-order valence-corrected chi connectivity index (χ4v) is 3.19. The van der Waals surface area contributed by atoms with Gasteiger partial charge in [0.1, 0.15) is 11.2 Å². The molecule has 1 atom stereocenters. The Kier molecular flexibility index (Phi) is 3.43. The zero-order valence-electron chi connectivity index (χ0n) is 10.5. The van der Waals surface area contributed by atoms with E-state index in [0.29, 0.717) is 0 Å². The van der Waals surface area contributed by atoms with Crippen molar-refractivity contribution in [2.24, 2.45) is 5.92 Å². The maximum Gasteiger partial charge on any atom is 0.225 e. The van der Waals surface area contributed by atoms with E-state index in [-0.39, 0.29) is 0 Å². The Bertz CT molecular complexity index is 534. The van der Waals surface area contributed by atoms with Crippen molar-refractivity contribution in [3.8, 4) is 5.88 Å². The molecule has 5 heteroatoms. The minimum Gasteiger partial charge on any atom is -0.477 e. The molecule has 1 fully saturated rings. The fourth-order valence-electron chi connectivity index (χ4n) is 2.35. The summed E-state index contributed by atoms with van der Waals surface area (Å²) < 4.78 is 5.82. The van der Waals surface area contributed by atoms with Gasteiger partial charge in [0, 0.05) is 4.88 Å². The Labute approximate surface area is 110 Å². The van der Waals surface area contributed by atoms with Gasteiger partial charge >= 0.3 is 0 Å². The minimum absolute atomic E-state index is 0.732. The average Bonchev–Trinajstić information content (AvgIpc) is 2.97. The first-order valence-corrected chi connectivity index (χ1v) is 7.19. The second-order valence-electron chi connectivity index (χ2n) is 4.75. The van der Waals surface area contributed by atoms with Crippen LogP contribution in [0.5, 0.6) is 5.88 Å². The van der Waals surface area contributed by atoms with Gasteiger partial charge in [-0.15, -0.1) is 11.3 Å². The Morgan fingerprint density at radius 3 is 3.28 bits per heavy atom. The van der Waals surface area contributed by atoms with Crippen LogP contribution in [-0.4, -0.2) is 29.7 Å². The number of thiophene rings is 1. The van der Waals surface area contributed by atoms with Crippen molar-refractivity contribution in [2.45, 2.75) is 19.8 Å². The van der Waals surface area contributed by atoms with E-state index in [2.05, 4.69) is 28.3 Å². The first-order valence-electron chi connectivity index (χ1n) is 6.37. The van der Waals surface area contributed by atoms with Crippen LogP contribution < -0.4 is 10.1 Å². The number of hydrogen-bond acceptors (Lipinski definition) is 5. The summed E-state index contributed by atoms with van der Waals surface area (Å²) in [6.07, 6.45) is 3.95. The average molecular weight is 263 g/mol. The van der Waals surface area contributed by atoms with Crippen LogP contribution in [0.4, 0.5) is 0 Å². The minimum atomic E-state index is 0.732. The molecule has 0 amide bonds. The molecule has 0 bridgehead atoms. The monoisotopic (exact) mass is 263 g/mol. The van der Waals surface area contributed by atoms with Gasteiger partial charge in [-0.3, -0.25) is 0 Å². The predicted molar refractivity (Wildman–Crippen MR) is 73.2 cm³/mol. The molecule has 0 saturated carbocycles. The van der Waals surface area contributed by atoms with E-state index < -0.39 is 0 Å². The summed E-state index contributed by atoms with van der Waals surface area (Å²) >= 11 is 1.68. The van der Waals surface area contributed by atoms with Gasteiger partial charge in [-0.25, -0.2) is 9.97 Å². The maximum absolute atomic E-state index is 5.82. The molecule has 3 heterocycles. The Morgan fingerprint density at radius 1 is 1.50 bits per heavy atom. The highest BCUT2D eigenvalue weighted by Gasteiger charge is 2.15. The molecule has 4 nitrogen and oxygen atoms in total. The quantitative estimate of drug-likeness (QED) is 0.920. The molecule has 0 radical (unpaired) electrons. The van der Waals surface area contributed by atoms with Crippen molar-refractivity contribution in [1.29, 1.82) is 0 Å². The third-order valence-corrected chi connectivity index (χ3v) is 4.30. The molecule has 96 valence electrons. The van der Waals surface area contributed by atoms with Crippen LogP contribution in [0, 0.1) is 12.8 Å². The number of nitrogens with one attached hydrogen (secondary N) is 1. The van der Waals surface area contributed by atoms with Gasteiger partial charge in [-0.2, -0.15) is 0 Å². The second kappa shape index (κ2) is 5.20. The van der Waals surface area contributed by atoms with Gasteiger partial charge in [0.25, 0.3) is 0 Å². The van der Waals surface area contributed by atoms with E-state index in [1.165, 1.54) is 11.3 Å². The molecule has 1 unspecified atom stereocenters. The number of hydrogen-bond donors (Lipinski definition) is 1. The van der Waals surface area contributed by atoms with Crippen LogP contribution in [0.3, 0.4) is 0 Å². The molecule has 18 heavy (non-hydrogen) atoms. The Morgan fingerprint density at radius 2 is 2.44 bits per heavy atom. The molecule has 0 aromatic carbocycles. The first kappa shape index (κ1) is 11.9. The molecular weight excluding hydrogens is 246 g/mol. The predicted octanol–water partition coefficient (Wildman–Crippen LogP) is 2.38. The van der Waals surface area contributed by atoms with Gasteiger partial charge in [-0.1, -0.05) is 0 Å². The van der Waals surface area contributed by atoms with Crippen molar-refractivity contribution in [3.63, 3.8) is 0 Å². The summed E-state index contributed by atoms with van der Waals surface area (Å²) in [7, 11) is 0. The lowest BCUT2D eigenvalue weighted by Crippen LogP contribution is -2.12. The maximum atomic E-state index is 5.82. The molecule has 2 aromatic rings. The van der Waals surface area contributed by atoms with E-state index in [0.717, 1.165) is 48.1 Å². The number of nitrogens with zero attached hydrogens (tertiary/aromatic N) is 2. The van der Waals surface area contributed by atoms with E-state index >= 15 is 0 Å². The number of aryl methyl sites for hydroxylation is 1. The van der Waals surface area contributed by atoms with Crippen LogP contribution in [0.1, 0.15) is 17.7 Å². The third-order valence-electron chi connectivity index (χ3n) is 3.34. The largest absolute Gasteiger partial charge is 0.477 e. The molecule has 0 spiro atoms. The Hall–Kier alpha value is -1.20. The van der Waals surface area contributed by atoms with Gasteiger partial charge in [0.2, 0.25) is 5.88 Å². The smallest absolute Gasteiger partial charge is 0.225 e. The lowest BCUT2D eigenvalue weighted by atomic mass is 10.1. The van der Waals surface area contributed by atoms with Gasteiger partial charge < -0.3 is 10.1 Å². The number of ether oxygens (including phenoxy) is 1. The van der Waals surface area contributed by atoms with Crippen molar-refractivity contribution in [3.05, 3.63) is 17.3 Å². The van der Waals surface area contributed by atoms with Crippen LogP contribution in [0.15, 0.2) is 12.4 Å². The molecule has 1 aliphatic rings. The lowest BCUT2D eigenvalue weighted by molar-refractivity contribution is 0.277. The topological polar surface area (TPSA) is 47.0 Å². The van der Waals surface area contributed by atoms with E-state index in [9.17, 15) is 0 Å². The second-order valence-corrected chi connectivity index (χ2v) is 5.99. The number of rotatable bonds is 4. The lowest BCUT2D eigenvalue weighted by Gasteiger charge is -2.09. The third kappa shape index (κ3) is 2.47. The summed E-state index contributed by atoms with van der Waals surface area (Å²) in [6.45, 7) is 5.10. The summed E-state index contributed by atoms with van der Waals surface area (Å²) in [5, 5.41) is 4.42. The van der Waals surface area contributed by atoms with E-state index in [1.54, 1.807) is 17.7 Å². The summed E-state index contributed by atoms with van der Waals surface area (Å²) in [4.78, 5) is 10.8. The van der Waals surface area contributed by atoms with Crippen LogP contribution >= 0.6 is 11.3 Å². The molecule has 1 aliphatic heterocycles. The highest BCUT2D eigenvalue weighted by Crippen LogP contribution is 2.29. The normalized spacial score (nSPS) is 19.5. The summed E-state index contributed by atoms with van der Waals surface area (Å²) in [5.41, 5.74) is 0. The number of fused-ring (bicyclic) bond motifs is 1. The van der Waals surface area contributed by atoms with Gasteiger partial charge in [0.05, 0.1) is 12.0 Å². The molecule has 0 aliphatic carbocycles. The van der Waals surface area contributed by atoms with Crippen molar-refractivity contribution >= 4 is 21.6 Å². The molecule has 2 aromatic heterocycles. The first-order chi connectivity index (χ1) is 8.83. The summed E-state index contributed by atoms with van der Waals surface area (Å²) in [6, 6.07) is 2.10. The molecule has 1 saturated heterocycles. The zero-order valence-corrected chi connectivity index (χ0v) is 11.3. The van der Waals surface area contributed by atoms with Gasteiger partial charge in [0.15, 0.2) is 0 Å². The van der Waals surface area contributed by atoms with E-state index in [1.807, 2.05) is 0 Å². The summed E-state index contributed by atoms with van der Waals surface area (Å²) in [5.74, 6) is 1.49. The van der Waals surface area contributed by atoms with E-state index in [4.69, 9.17) is 4.74 Å². The Balaban J connectivity index is 1.66. The van der Waals surface area contributed by atoms with Crippen LogP contribution in [0.25, 0.3) is 10.2 Å². The molecular formula is C13H17N3OS.